The number of hydrogen-bond donors (Lipinski definition) is 0. The molecule has 5 aliphatic heterocycles. The van der Waals surface area contributed by atoms with Gasteiger partial charge < -0.3 is 19.4 Å². The Kier molecular flexibility index (Phi) is 4.30. The molecule has 7 nitrogen and oxygen atoms in total. The highest BCUT2D eigenvalue weighted by atomic mass is 16.5. The number of ether oxygens (including phenoxy) is 1. The van der Waals surface area contributed by atoms with E-state index in [0.29, 0.717) is 32.3 Å². The lowest BCUT2D eigenvalue weighted by molar-refractivity contribution is -0.186. The van der Waals surface area contributed by atoms with Crippen LogP contribution in [0.3, 0.4) is 0 Å². The summed E-state index contributed by atoms with van der Waals surface area (Å²) in [6, 6.07) is 9.76. The highest BCUT2D eigenvalue weighted by Gasteiger charge is 2.82. The van der Waals surface area contributed by atoms with E-state index in [9.17, 15) is 14.4 Å². The predicted molar refractivity (Wildman–Crippen MR) is 125 cm³/mol. The number of likely N-dealkylation sites (N-methyl/N-ethyl adjacent to an activating group) is 1. The van der Waals surface area contributed by atoms with Gasteiger partial charge in [-0.3, -0.25) is 14.4 Å². The van der Waals surface area contributed by atoms with Crippen molar-refractivity contribution < 1.29 is 19.1 Å². The lowest BCUT2D eigenvalue weighted by Crippen LogP contribution is -2.81. The van der Waals surface area contributed by atoms with Gasteiger partial charge in [0.1, 0.15) is 11.8 Å². The Morgan fingerprint density at radius 3 is 2.47 bits per heavy atom. The van der Waals surface area contributed by atoms with Crippen LogP contribution in [-0.4, -0.2) is 69.9 Å². The van der Waals surface area contributed by atoms with Crippen LogP contribution >= 0.6 is 0 Å². The van der Waals surface area contributed by atoms with E-state index in [1.807, 2.05) is 61.2 Å². The van der Waals surface area contributed by atoms with Crippen LogP contribution in [0.15, 0.2) is 30.3 Å². The van der Waals surface area contributed by atoms with E-state index in [0.717, 1.165) is 5.56 Å². The number of rotatable bonds is 3. The van der Waals surface area contributed by atoms with Gasteiger partial charge >= 0.3 is 0 Å². The SMILES string of the molecule is C[C@H]1CC(=O)N2C3C(C)(C)[C@@]4(CC(OCc5ccccc5)N(C)C4=O)C[C@]34[CH]C[C@]12C(=O)N4C. The molecule has 7 rings (SSSR count). The zero-order chi connectivity index (χ0) is 24.3. The zero-order valence-corrected chi connectivity index (χ0v) is 20.7. The van der Waals surface area contributed by atoms with Crippen molar-refractivity contribution in [1.29, 1.82) is 0 Å². The number of nitrogens with zero attached hydrogens (tertiary/aromatic N) is 3. The lowest BCUT2D eigenvalue weighted by atomic mass is 9.61. The molecular formula is C27H34N3O4. The van der Waals surface area contributed by atoms with Gasteiger partial charge in [-0.1, -0.05) is 51.1 Å². The topological polar surface area (TPSA) is 70.2 Å². The first kappa shape index (κ1) is 22.1. The average molecular weight is 465 g/mol. The molecule has 6 atom stereocenters. The second-order valence-electron chi connectivity index (χ2n) is 11.8. The third kappa shape index (κ3) is 2.25. The fourth-order valence-electron chi connectivity index (χ4n) is 8.35. The summed E-state index contributed by atoms with van der Waals surface area (Å²) in [7, 11) is 3.70. The molecule has 181 valence electrons. The Hall–Kier alpha value is -2.41. The van der Waals surface area contributed by atoms with Crippen LogP contribution in [-0.2, 0) is 25.7 Å². The van der Waals surface area contributed by atoms with Crippen molar-refractivity contribution in [3.63, 3.8) is 0 Å². The number of carbonyl (C=O) groups is 3. The highest BCUT2D eigenvalue weighted by Crippen LogP contribution is 2.71. The minimum absolute atomic E-state index is 0.0353. The molecule has 1 aliphatic carbocycles. The fraction of sp³-hybridized carbons (Fsp3) is 0.630. The number of hydrogen-bond acceptors (Lipinski definition) is 4. The fourth-order valence-corrected chi connectivity index (χ4v) is 8.35. The minimum Gasteiger partial charge on any atom is -0.354 e. The number of piperidine rings is 2. The summed E-state index contributed by atoms with van der Waals surface area (Å²) in [5, 5.41) is 0. The number of piperazine rings is 1. The first-order valence-corrected chi connectivity index (χ1v) is 12.4. The predicted octanol–water partition coefficient (Wildman–Crippen LogP) is 2.60. The lowest BCUT2D eigenvalue weighted by Gasteiger charge is -2.65. The maximum atomic E-state index is 14.0. The molecule has 2 bridgehead atoms. The van der Waals surface area contributed by atoms with Crippen molar-refractivity contribution in [1.82, 2.24) is 14.7 Å². The van der Waals surface area contributed by atoms with Gasteiger partial charge in [-0.15, -0.1) is 0 Å². The number of amides is 3. The number of carbonyl (C=O) groups excluding carboxylic acids is 3. The van der Waals surface area contributed by atoms with Crippen molar-refractivity contribution in [2.75, 3.05) is 14.1 Å². The second kappa shape index (κ2) is 6.62. The Morgan fingerprint density at radius 1 is 1.06 bits per heavy atom. The van der Waals surface area contributed by atoms with Crippen LogP contribution in [0.2, 0.25) is 0 Å². The van der Waals surface area contributed by atoms with Crippen molar-refractivity contribution in [3.8, 4) is 0 Å². The van der Waals surface area contributed by atoms with E-state index in [2.05, 4.69) is 20.3 Å². The van der Waals surface area contributed by atoms with E-state index in [1.54, 1.807) is 4.90 Å². The molecule has 6 fully saturated rings. The molecule has 3 amide bonds. The van der Waals surface area contributed by atoms with Crippen LogP contribution in [0, 0.1) is 23.2 Å². The molecule has 5 saturated heterocycles. The van der Waals surface area contributed by atoms with Crippen LogP contribution in [0.25, 0.3) is 0 Å². The zero-order valence-electron chi connectivity index (χ0n) is 20.7. The third-order valence-electron chi connectivity index (χ3n) is 10.3. The van der Waals surface area contributed by atoms with Gasteiger partial charge in [0.15, 0.2) is 0 Å². The van der Waals surface area contributed by atoms with Gasteiger partial charge in [0.25, 0.3) is 0 Å². The summed E-state index contributed by atoms with van der Waals surface area (Å²) in [4.78, 5) is 46.7. The van der Waals surface area contributed by atoms with Crippen molar-refractivity contribution in [3.05, 3.63) is 42.3 Å². The van der Waals surface area contributed by atoms with E-state index in [-0.39, 0.29) is 35.9 Å². The van der Waals surface area contributed by atoms with Gasteiger partial charge in [0.05, 0.1) is 23.6 Å². The third-order valence-corrected chi connectivity index (χ3v) is 10.3. The Balaban J connectivity index is 1.40. The summed E-state index contributed by atoms with van der Waals surface area (Å²) in [6.07, 6.45) is 3.98. The molecule has 34 heavy (non-hydrogen) atoms. The van der Waals surface area contributed by atoms with E-state index in [4.69, 9.17) is 4.74 Å². The van der Waals surface area contributed by atoms with Gasteiger partial charge in [-0.2, -0.15) is 0 Å². The molecule has 1 aromatic rings. The maximum Gasteiger partial charge on any atom is 0.249 e. The minimum atomic E-state index is -0.808. The van der Waals surface area contributed by atoms with Crippen molar-refractivity contribution >= 4 is 17.7 Å². The molecule has 5 heterocycles. The number of benzene rings is 1. The molecule has 2 unspecified atom stereocenters. The summed E-state index contributed by atoms with van der Waals surface area (Å²) in [5.74, 6) is 0.108. The van der Waals surface area contributed by atoms with E-state index >= 15 is 0 Å². The maximum absolute atomic E-state index is 14.0. The molecular weight excluding hydrogens is 430 g/mol. The normalized spacial score (nSPS) is 42.2. The summed E-state index contributed by atoms with van der Waals surface area (Å²) < 4.78 is 6.29. The quantitative estimate of drug-likeness (QED) is 0.690. The van der Waals surface area contributed by atoms with Crippen LogP contribution < -0.4 is 0 Å². The van der Waals surface area contributed by atoms with Gasteiger partial charge in [0, 0.05) is 32.4 Å². The monoisotopic (exact) mass is 464 g/mol. The number of likely N-dealkylation sites (tertiary alicyclic amines) is 1. The van der Waals surface area contributed by atoms with Crippen molar-refractivity contribution in [2.24, 2.45) is 16.7 Å². The van der Waals surface area contributed by atoms with E-state index < -0.39 is 21.9 Å². The largest absolute Gasteiger partial charge is 0.354 e. The summed E-state index contributed by atoms with van der Waals surface area (Å²) in [5.41, 5.74) is -1.62. The van der Waals surface area contributed by atoms with Gasteiger partial charge in [-0.05, 0) is 30.7 Å². The number of fused-ring (bicyclic) bond motifs is 2. The standard InChI is InChI=1S/C27H34N3O4/c1-17-13-19(31)30-21-24(2,3)25(16-26(21)11-12-27(17,30)23(33)29(26)5)14-20(28(4)22(25)32)34-15-18-9-7-6-8-10-18/h6-11,17,20-21H,12-16H2,1-5H3/t17-,20?,21?,25-,26+,27+/m0/s1. The smallest absolute Gasteiger partial charge is 0.249 e. The first-order valence-electron chi connectivity index (χ1n) is 12.4. The molecule has 6 aliphatic rings. The van der Waals surface area contributed by atoms with Crippen molar-refractivity contribution in [2.45, 2.75) is 76.4 Å². The van der Waals surface area contributed by atoms with Crippen LogP contribution in [0.1, 0.15) is 52.0 Å². The molecule has 1 aromatic carbocycles. The molecule has 7 heteroatoms. The highest BCUT2D eigenvalue weighted by molar-refractivity contribution is 6.00. The van der Waals surface area contributed by atoms with Crippen LogP contribution in [0.5, 0.6) is 0 Å². The van der Waals surface area contributed by atoms with E-state index in [1.165, 1.54) is 0 Å². The average Bonchev–Trinajstić information content (AvgIpc) is 3.30. The Labute approximate surface area is 201 Å². The molecule has 1 radical (unpaired) electrons. The molecule has 0 aromatic heterocycles. The van der Waals surface area contributed by atoms with Gasteiger partial charge in [0.2, 0.25) is 17.7 Å². The Morgan fingerprint density at radius 2 is 1.76 bits per heavy atom. The van der Waals surface area contributed by atoms with Gasteiger partial charge in [-0.25, -0.2) is 0 Å². The van der Waals surface area contributed by atoms with Crippen LogP contribution in [0.4, 0.5) is 0 Å². The Bertz CT molecular complexity index is 1090. The molecule has 3 spiro atoms. The summed E-state index contributed by atoms with van der Waals surface area (Å²) in [6.45, 7) is 6.72. The molecule has 0 N–H and O–H groups in total. The molecule has 1 saturated carbocycles. The first-order chi connectivity index (χ1) is 16.0. The second-order valence-corrected chi connectivity index (χ2v) is 11.8. The summed E-state index contributed by atoms with van der Waals surface area (Å²) >= 11 is 0.